The maximum Gasteiger partial charge on any atom is 0.243 e. The third-order valence-electron chi connectivity index (χ3n) is 5.84. The second-order valence-electron chi connectivity index (χ2n) is 8.21. The molecule has 1 aliphatic rings. The van der Waals surface area contributed by atoms with Gasteiger partial charge in [0, 0.05) is 30.2 Å². The number of amides is 2. The van der Waals surface area contributed by atoms with Crippen molar-refractivity contribution >= 4 is 28.5 Å². The summed E-state index contributed by atoms with van der Waals surface area (Å²) in [6.45, 7) is 1.18. The number of nitrogen functional groups attached to an aromatic ring is 1. The lowest BCUT2D eigenvalue weighted by Crippen LogP contribution is -2.52. The molecule has 1 fully saturated rings. The molecule has 4 N–H and O–H groups in total. The minimum atomic E-state index is -0.730. The van der Waals surface area contributed by atoms with Gasteiger partial charge in [0.05, 0.1) is 11.6 Å². The summed E-state index contributed by atoms with van der Waals surface area (Å²) in [6.07, 6.45) is 3.70. The Labute approximate surface area is 187 Å². The van der Waals surface area contributed by atoms with E-state index in [1.165, 1.54) is 0 Å². The Morgan fingerprint density at radius 2 is 2.03 bits per heavy atom. The number of benzene rings is 1. The summed E-state index contributed by atoms with van der Waals surface area (Å²) in [6, 6.07) is 14.3. The first-order valence-electron chi connectivity index (χ1n) is 10.8. The van der Waals surface area contributed by atoms with Crippen LogP contribution in [0.25, 0.3) is 10.9 Å². The predicted octanol–water partition coefficient (Wildman–Crippen LogP) is 1.65. The minimum Gasteiger partial charge on any atom is -0.384 e. The highest BCUT2D eigenvalue weighted by Crippen LogP contribution is 2.16. The number of nitrogens with zero attached hydrogens (tertiary/aromatic N) is 3. The maximum absolute atomic E-state index is 13.1. The Kier molecular flexibility index (Phi) is 6.61. The van der Waals surface area contributed by atoms with Crippen LogP contribution in [0.2, 0.25) is 0 Å². The summed E-state index contributed by atoms with van der Waals surface area (Å²) < 4.78 is 0. The fraction of sp³-hybridized carbons (Fsp3) is 0.333. The lowest BCUT2D eigenvalue weighted by molar-refractivity contribution is -0.131. The topological polar surface area (TPSA) is 113 Å². The van der Waals surface area contributed by atoms with Crippen molar-refractivity contribution in [3.63, 3.8) is 0 Å². The maximum atomic E-state index is 13.1. The van der Waals surface area contributed by atoms with Crippen LogP contribution in [0.3, 0.4) is 0 Å². The van der Waals surface area contributed by atoms with Crippen molar-refractivity contribution in [2.75, 3.05) is 19.3 Å². The van der Waals surface area contributed by atoms with Gasteiger partial charge in [0.1, 0.15) is 11.9 Å². The van der Waals surface area contributed by atoms with Gasteiger partial charge in [-0.1, -0.05) is 30.3 Å². The smallest absolute Gasteiger partial charge is 0.243 e. The first kappa shape index (κ1) is 21.7. The molecule has 8 heteroatoms. The van der Waals surface area contributed by atoms with Crippen molar-refractivity contribution in [2.45, 2.75) is 37.9 Å². The fourth-order valence-corrected chi connectivity index (χ4v) is 4.00. The molecule has 2 atom stereocenters. The van der Waals surface area contributed by atoms with E-state index in [0.717, 1.165) is 41.5 Å². The van der Waals surface area contributed by atoms with Gasteiger partial charge in [-0.2, -0.15) is 0 Å². The van der Waals surface area contributed by atoms with Crippen LogP contribution in [-0.4, -0.2) is 52.4 Å². The first-order chi connectivity index (χ1) is 15.5. The van der Waals surface area contributed by atoms with Gasteiger partial charge < -0.3 is 16.4 Å². The lowest BCUT2D eigenvalue weighted by atomic mass is 10.1. The van der Waals surface area contributed by atoms with Crippen LogP contribution in [0, 0.1) is 0 Å². The molecule has 4 rings (SSSR count). The molecule has 1 aliphatic heterocycles. The number of fused-ring (bicyclic) bond motifs is 1. The molecule has 0 radical (unpaired) electrons. The number of hydrogen-bond acceptors (Lipinski definition) is 6. The van der Waals surface area contributed by atoms with Crippen LogP contribution < -0.4 is 16.4 Å². The van der Waals surface area contributed by atoms with Gasteiger partial charge in [-0.05, 0) is 50.2 Å². The zero-order valence-corrected chi connectivity index (χ0v) is 18.1. The molecule has 1 saturated heterocycles. The third kappa shape index (κ3) is 5.20. The van der Waals surface area contributed by atoms with E-state index in [-0.39, 0.29) is 17.9 Å². The third-order valence-corrected chi connectivity index (χ3v) is 5.84. The van der Waals surface area contributed by atoms with E-state index in [0.29, 0.717) is 18.8 Å². The predicted molar refractivity (Wildman–Crippen MR) is 124 cm³/mol. The first-order valence-corrected chi connectivity index (χ1v) is 10.8. The second-order valence-corrected chi connectivity index (χ2v) is 8.21. The molecule has 0 aliphatic carbocycles. The quantitative estimate of drug-likeness (QED) is 0.523. The van der Waals surface area contributed by atoms with Gasteiger partial charge in [-0.15, -0.1) is 0 Å². The van der Waals surface area contributed by atoms with E-state index in [2.05, 4.69) is 20.6 Å². The van der Waals surface area contributed by atoms with Crippen LogP contribution >= 0.6 is 0 Å². The Balaban J connectivity index is 1.49. The van der Waals surface area contributed by atoms with Crippen LogP contribution in [0.4, 0.5) is 5.82 Å². The van der Waals surface area contributed by atoms with E-state index in [4.69, 9.17) is 5.73 Å². The summed E-state index contributed by atoms with van der Waals surface area (Å²) in [5, 5.41) is 6.90. The number of nitrogens with two attached hydrogens (primary N) is 1. The largest absolute Gasteiger partial charge is 0.384 e. The van der Waals surface area contributed by atoms with E-state index in [1.807, 2.05) is 54.4 Å². The van der Waals surface area contributed by atoms with Gasteiger partial charge in [0.25, 0.3) is 0 Å². The number of hydrogen-bond donors (Lipinski definition) is 3. The number of rotatable bonds is 7. The molecule has 32 heavy (non-hydrogen) atoms. The molecule has 3 aromatic rings. The number of carbonyl (C=O) groups excluding carboxylic acids is 2. The monoisotopic (exact) mass is 432 g/mol. The highest BCUT2D eigenvalue weighted by Gasteiger charge is 2.31. The van der Waals surface area contributed by atoms with Gasteiger partial charge in [-0.25, -0.2) is 4.98 Å². The number of para-hydroxylation sites is 1. The fourth-order valence-electron chi connectivity index (χ4n) is 4.00. The Bertz CT molecular complexity index is 1100. The number of anilines is 1. The van der Waals surface area contributed by atoms with Gasteiger partial charge >= 0.3 is 0 Å². The molecule has 1 aromatic carbocycles. The number of nitrogens with one attached hydrogen (secondary N) is 2. The second kappa shape index (κ2) is 9.74. The average molecular weight is 433 g/mol. The van der Waals surface area contributed by atoms with Gasteiger partial charge in [-0.3, -0.25) is 19.5 Å². The summed E-state index contributed by atoms with van der Waals surface area (Å²) in [4.78, 5) is 36.7. The number of carbonyl (C=O) groups is 2. The zero-order valence-electron chi connectivity index (χ0n) is 18.1. The molecule has 0 bridgehead atoms. The van der Waals surface area contributed by atoms with Crippen LogP contribution in [0.1, 0.15) is 24.1 Å². The summed E-state index contributed by atoms with van der Waals surface area (Å²) in [5.74, 6) is 0.0409. The summed E-state index contributed by atoms with van der Waals surface area (Å²) in [7, 11) is 1.94. The Morgan fingerprint density at radius 3 is 2.78 bits per heavy atom. The standard InChI is InChI=1S/C24H28N6O2/c1-30-12-4-7-21(30)24(32)29-20(23(31)27-15-16-8-11-22(25)26-14-16)13-18-10-9-17-5-2-3-6-19(17)28-18/h2-3,5-6,8-11,14,20-21H,4,7,12-13,15H2,1H3,(H2,25,26)(H,27,31)(H,29,32)/t20-,21+/m0/s1. The van der Waals surface area contributed by atoms with Crippen molar-refractivity contribution in [3.8, 4) is 0 Å². The Morgan fingerprint density at radius 1 is 1.19 bits per heavy atom. The zero-order chi connectivity index (χ0) is 22.5. The average Bonchev–Trinajstić information content (AvgIpc) is 3.24. The highest BCUT2D eigenvalue weighted by molar-refractivity contribution is 5.90. The minimum absolute atomic E-state index is 0.125. The van der Waals surface area contributed by atoms with Crippen molar-refractivity contribution < 1.29 is 9.59 Å². The normalized spacial score (nSPS) is 17.2. The van der Waals surface area contributed by atoms with Crippen molar-refractivity contribution in [3.05, 3.63) is 66.0 Å². The molecule has 8 nitrogen and oxygen atoms in total. The van der Waals surface area contributed by atoms with Crippen molar-refractivity contribution in [2.24, 2.45) is 0 Å². The molecule has 0 unspecified atom stereocenters. The molecule has 2 amide bonds. The van der Waals surface area contributed by atoms with E-state index in [1.54, 1.807) is 12.3 Å². The van der Waals surface area contributed by atoms with E-state index in [9.17, 15) is 9.59 Å². The summed E-state index contributed by atoms with van der Waals surface area (Å²) in [5.41, 5.74) is 8.06. The highest BCUT2D eigenvalue weighted by atomic mass is 16.2. The molecule has 3 heterocycles. The Hall–Kier alpha value is -3.52. The van der Waals surface area contributed by atoms with Crippen molar-refractivity contribution in [1.82, 2.24) is 25.5 Å². The molecule has 0 spiro atoms. The summed E-state index contributed by atoms with van der Waals surface area (Å²) >= 11 is 0. The van der Waals surface area contributed by atoms with E-state index < -0.39 is 6.04 Å². The van der Waals surface area contributed by atoms with Crippen LogP contribution in [0.15, 0.2) is 54.7 Å². The lowest BCUT2D eigenvalue weighted by Gasteiger charge is -2.23. The molecule has 166 valence electrons. The number of aromatic nitrogens is 2. The number of pyridine rings is 2. The van der Waals surface area contributed by atoms with E-state index >= 15 is 0 Å². The SMILES string of the molecule is CN1CCC[C@@H]1C(=O)N[C@@H](Cc1ccc2ccccc2n1)C(=O)NCc1ccc(N)nc1. The van der Waals surface area contributed by atoms with Gasteiger partial charge in [0.2, 0.25) is 11.8 Å². The molecular formula is C24H28N6O2. The molecule has 0 saturated carbocycles. The molecular weight excluding hydrogens is 404 g/mol. The van der Waals surface area contributed by atoms with Crippen LogP contribution in [-0.2, 0) is 22.6 Å². The number of likely N-dealkylation sites (N-methyl/N-ethyl adjacent to an activating group) is 1. The number of likely N-dealkylation sites (tertiary alicyclic amines) is 1. The molecule has 2 aromatic heterocycles. The van der Waals surface area contributed by atoms with Crippen LogP contribution in [0.5, 0.6) is 0 Å². The van der Waals surface area contributed by atoms with Crippen molar-refractivity contribution in [1.29, 1.82) is 0 Å². The van der Waals surface area contributed by atoms with Gasteiger partial charge in [0.15, 0.2) is 0 Å².